The monoisotopic (exact) mass is 261 g/mol. The van der Waals surface area contributed by atoms with Crippen molar-refractivity contribution in [1.29, 1.82) is 0 Å². The number of benzene rings is 1. The Kier molecular flexibility index (Phi) is 4.19. The van der Waals surface area contributed by atoms with E-state index in [1.54, 1.807) is 18.2 Å². The number of hydrogen-bond donors (Lipinski definition) is 1. The highest BCUT2D eigenvalue weighted by atomic mass is 35.5. The number of rotatable bonds is 2. The number of halogens is 2. The Balaban J connectivity index is 2.81. The summed E-state index contributed by atoms with van der Waals surface area (Å²) in [4.78, 5) is 16.9. The van der Waals surface area contributed by atoms with Crippen molar-refractivity contribution < 1.29 is 9.63 Å². The molecule has 0 fully saturated rings. The third kappa shape index (κ3) is 3.67. The quantitative estimate of drug-likeness (QED) is 0.829. The van der Waals surface area contributed by atoms with Crippen LogP contribution in [-0.4, -0.2) is 11.5 Å². The van der Waals surface area contributed by atoms with Gasteiger partial charge < -0.3 is 0 Å². The van der Waals surface area contributed by atoms with E-state index >= 15 is 0 Å². The molecule has 16 heavy (non-hydrogen) atoms. The molecule has 0 aliphatic heterocycles. The second-order valence-electron chi connectivity index (χ2n) is 4.24. The SMILES string of the molecule is CC(C)(C)ONC(=O)c1c(Cl)cccc1Cl. The predicted octanol–water partition coefficient (Wildman–Crippen LogP) is 3.45. The first-order chi connectivity index (χ1) is 7.31. The summed E-state index contributed by atoms with van der Waals surface area (Å²) in [6.07, 6.45) is 0. The Morgan fingerprint density at radius 1 is 1.25 bits per heavy atom. The van der Waals surface area contributed by atoms with E-state index in [9.17, 15) is 4.79 Å². The van der Waals surface area contributed by atoms with Crippen LogP contribution in [0.25, 0.3) is 0 Å². The van der Waals surface area contributed by atoms with Crippen molar-refractivity contribution in [3.63, 3.8) is 0 Å². The summed E-state index contributed by atoms with van der Waals surface area (Å²) in [6.45, 7) is 5.46. The molecule has 0 spiro atoms. The number of amides is 1. The fourth-order valence-electron chi connectivity index (χ4n) is 0.965. The molecule has 1 aromatic rings. The second kappa shape index (κ2) is 5.04. The molecular weight excluding hydrogens is 249 g/mol. The second-order valence-corrected chi connectivity index (χ2v) is 5.06. The molecule has 0 radical (unpaired) electrons. The van der Waals surface area contributed by atoms with Crippen molar-refractivity contribution in [1.82, 2.24) is 5.48 Å². The highest BCUT2D eigenvalue weighted by Gasteiger charge is 2.17. The normalized spacial score (nSPS) is 11.3. The van der Waals surface area contributed by atoms with E-state index in [0.29, 0.717) is 10.0 Å². The van der Waals surface area contributed by atoms with Gasteiger partial charge in [0.05, 0.1) is 21.2 Å². The maximum Gasteiger partial charge on any atom is 0.277 e. The van der Waals surface area contributed by atoms with Gasteiger partial charge in [-0.25, -0.2) is 5.48 Å². The standard InChI is InChI=1S/C11H13Cl2NO2/c1-11(2,3)16-14-10(15)9-7(12)5-4-6-8(9)13/h4-6H,1-3H3,(H,14,15). The third-order valence-electron chi connectivity index (χ3n) is 1.64. The summed E-state index contributed by atoms with van der Waals surface area (Å²) >= 11 is 11.7. The van der Waals surface area contributed by atoms with Crippen molar-refractivity contribution in [2.24, 2.45) is 0 Å². The van der Waals surface area contributed by atoms with Crippen LogP contribution in [0, 0.1) is 0 Å². The third-order valence-corrected chi connectivity index (χ3v) is 2.27. The van der Waals surface area contributed by atoms with Crippen molar-refractivity contribution in [2.75, 3.05) is 0 Å². The van der Waals surface area contributed by atoms with E-state index in [2.05, 4.69) is 5.48 Å². The van der Waals surface area contributed by atoms with E-state index in [0.717, 1.165) is 0 Å². The Hall–Kier alpha value is -0.770. The molecule has 0 unspecified atom stereocenters. The average molecular weight is 262 g/mol. The average Bonchev–Trinajstić information content (AvgIpc) is 2.13. The summed E-state index contributed by atoms with van der Waals surface area (Å²) < 4.78 is 0. The van der Waals surface area contributed by atoms with Crippen LogP contribution in [0.3, 0.4) is 0 Å². The highest BCUT2D eigenvalue weighted by Crippen LogP contribution is 2.24. The molecule has 1 amide bonds. The molecule has 0 heterocycles. The lowest BCUT2D eigenvalue weighted by atomic mass is 10.2. The van der Waals surface area contributed by atoms with Gasteiger partial charge in [0.15, 0.2) is 0 Å². The van der Waals surface area contributed by atoms with Crippen LogP contribution in [0.5, 0.6) is 0 Å². The molecule has 0 saturated heterocycles. The van der Waals surface area contributed by atoms with Gasteiger partial charge in [0, 0.05) is 0 Å². The zero-order valence-corrected chi connectivity index (χ0v) is 10.8. The Morgan fingerprint density at radius 2 is 1.75 bits per heavy atom. The molecule has 0 bridgehead atoms. The molecule has 0 atom stereocenters. The Bertz CT molecular complexity index is 379. The summed E-state index contributed by atoms with van der Waals surface area (Å²) in [7, 11) is 0. The van der Waals surface area contributed by atoms with Crippen molar-refractivity contribution in [3.8, 4) is 0 Å². The van der Waals surface area contributed by atoms with Gasteiger partial charge in [-0.05, 0) is 32.9 Å². The molecule has 1 rings (SSSR count). The summed E-state index contributed by atoms with van der Waals surface area (Å²) in [5, 5.41) is 0.588. The molecular formula is C11H13Cl2NO2. The van der Waals surface area contributed by atoms with Crippen LogP contribution in [0.2, 0.25) is 10.0 Å². The van der Waals surface area contributed by atoms with Crippen LogP contribution >= 0.6 is 23.2 Å². The van der Waals surface area contributed by atoms with E-state index in [1.165, 1.54) is 0 Å². The molecule has 1 aromatic carbocycles. The van der Waals surface area contributed by atoms with Crippen LogP contribution < -0.4 is 5.48 Å². The maximum atomic E-state index is 11.7. The zero-order valence-electron chi connectivity index (χ0n) is 9.30. The van der Waals surface area contributed by atoms with Gasteiger partial charge in [-0.2, -0.15) is 0 Å². The van der Waals surface area contributed by atoms with Crippen LogP contribution in [-0.2, 0) is 4.84 Å². The summed E-state index contributed by atoms with van der Waals surface area (Å²) in [5.74, 6) is -0.453. The molecule has 0 aliphatic carbocycles. The minimum absolute atomic E-state index is 0.218. The van der Waals surface area contributed by atoms with E-state index in [-0.39, 0.29) is 5.56 Å². The van der Waals surface area contributed by atoms with Crippen LogP contribution in [0.4, 0.5) is 0 Å². The lowest BCUT2D eigenvalue weighted by molar-refractivity contribution is -0.0589. The molecule has 0 aromatic heterocycles. The van der Waals surface area contributed by atoms with Crippen molar-refractivity contribution >= 4 is 29.1 Å². The van der Waals surface area contributed by atoms with Gasteiger partial charge >= 0.3 is 0 Å². The van der Waals surface area contributed by atoms with Gasteiger partial charge in [0.25, 0.3) is 5.91 Å². The number of nitrogens with one attached hydrogen (secondary N) is 1. The molecule has 5 heteroatoms. The number of carbonyl (C=O) groups excluding carboxylic acids is 1. The number of hydroxylamine groups is 1. The minimum atomic E-state index is -0.469. The minimum Gasteiger partial charge on any atom is -0.268 e. The number of hydrogen-bond acceptors (Lipinski definition) is 2. The van der Waals surface area contributed by atoms with Gasteiger partial charge in [0.2, 0.25) is 0 Å². The summed E-state index contributed by atoms with van der Waals surface area (Å²) in [6, 6.07) is 4.87. The van der Waals surface area contributed by atoms with E-state index < -0.39 is 11.5 Å². The first kappa shape index (κ1) is 13.3. The first-order valence-corrected chi connectivity index (χ1v) is 5.49. The molecule has 0 aliphatic rings. The largest absolute Gasteiger partial charge is 0.277 e. The lowest BCUT2D eigenvalue weighted by Crippen LogP contribution is -2.33. The van der Waals surface area contributed by atoms with Crippen LogP contribution in [0.1, 0.15) is 31.1 Å². The molecule has 88 valence electrons. The lowest BCUT2D eigenvalue weighted by Gasteiger charge is -2.19. The topological polar surface area (TPSA) is 38.3 Å². The smallest absolute Gasteiger partial charge is 0.268 e. The van der Waals surface area contributed by atoms with Gasteiger partial charge in [-0.3, -0.25) is 9.63 Å². The van der Waals surface area contributed by atoms with Gasteiger partial charge in [-0.15, -0.1) is 0 Å². The molecule has 0 saturated carbocycles. The Morgan fingerprint density at radius 3 is 2.19 bits per heavy atom. The maximum absolute atomic E-state index is 11.7. The Labute approximate surface area is 105 Å². The van der Waals surface area contributed by atoms with Gasteiger partial charge in [-0.1, -0.05) is 29.3 Å². The van der Waals surface area contributed by atoms with Gasteiger partial charge in [0.1, 0.15) is 0 Å². The predicted molar refractivity (Wildman–Crippen MR) is 64.8 cm³/mol. The molecule has 1 N–H and O–H groups in total. The van der Waals surface area contributed by atoms with E-state index in [4.69, 9.17) is 28.0 Å². The first-order valence-electron chi connectivity index (χ1n) is 4.73. The van der Waals surface area contributed by atoms with Crippen molar-refractivity contribution in [2.45, 2.75) is 26.4 Å². The molecule has 3 nitrogen and oxygen atoms in total. The van der Waals surface area contributed by atoms with Crippen molar-refractivity contribution in [3.05, 3.63) is 33.8 Å². The highest BCUT2D eigenvalue weighted by molar-refractivity contribution is 6.39. The van der Waals surface area contributed by atoms with E-state index in [1.807, 2.05) is 20.8 Å². The fourth-order valence-corrected chi connectivity index (χ4v) is 1.53. The number of carbonyl (C=O) groups is 1. The van der Waals surface area contributed by atoms with Crippen LogP contribution in [0.15, 0.2) is 18.2 Å². The summed E-state index contributed by atoms with van der Waals surface area (Å²) in [5.41, 5.74) is 2.06. The fraction of sp³-hybridized carbons (Fsp3) is 0.364. The zero-order chi connectivity index (χ0) is 12.3.